The molecule has 130 valence electrons. The predicted molar refractivity (Wildman–Crippen MR) is 86.7 cm³/mol. The molecular formula is C15H10ClF3N4O2. The summed E-state index contributed by atoms with van der Waals surface area (Å²) in [7, 11) is 0. The number of nitrogens with two attached hydrogens (primary N) is 1. The number of terminal acetylenes is 1. The lowest BCUT2D eigenvalue weighted by Crippen LogP contribution is -2.24. The van der Waals surface area contributed by atoms with Gasteiger partial charge in [-0.25, -0.2) is 4.98 Å². The third kappa shape index (κ3) is 4.51. The molecule has 6 nitrogen and oxygen atoms in total. The van der Waals surface area contributed by atoms with E-state index in [0.29, 0.717) is 27.1 Å². The molecule has 0 bridgehead atoms. The van der Waals surface area contributed by atoms with Crippen molar-refractivity contribution in [1.29, 1.82) is 0 Å². The van der Waals surface area contributed by atoms with Crippen molar-refractivity contribution in [3.8, 4) is 18.1 Å². The van der Waals surface area contributed by atoms with Crippen LogP contribution in [-0.4, -0.2) is 22.5 Å². The lowest BCUT2D eigenvalue weighted by atomic mass is 10.2. The molecule has 0 aliphatic carbocycles. The quantitative estimate of drug-likeness (QED) is 0.661. The number of rotatable bonds is 4. The number of anilines is 1. The molecular weight excluding hydrogens is 361 g/mol. The number of hydrogen-bond donors (Lipinski definition) is 1. The molecule has 0 saturated heterocycles. The van der Waals surface area contributed by atoms with Crippen LogP contribution in [0.15, 0.2) is 34.2 Å². The van der Waals surface area contributed by atoms with Gasteiger partial charge in [0.15, 0.2) is 5.69 Å². The molecule has 0 fully saturated rings. The highest BCUT2D eigenvalue weighted by atomic mass is 35.5. The summed E-state index contributed by atoms with van der Waals surface area (Å²) in [4.78, 5) is 14.9. The summed E-state index contributed by atoms with van der Waals surface area (Å²) >= 11 is 5.88. The maximum Gasteiger partial charge on any atom is 0.433 e. The van der Waals surface area contributed by atoms with Gasteiger partial charge in [-0.05, 0) is 18.2 Å². The molecule has 10 heteroatoms. The summed E-state index contributed by atoms with van der Waals surface area (Å²) in [6.45, 7) is -0.0214. The van der Waals surface area contributed by atoms with E-state index in [1.807, 2.05) is 0 Å². The molecule has 0 aliphatic rings. The Morgan fingerprint density at radius 2 is 2.16 bits per heavy atom. The fourth-order valence-electron chi connectivity index (χ4n) is 1.75. The maximum absolute atomic E-state index is 12.6. The van der Waals surface area contributed by atoms with E-state index in [0.717, 1.165) is 6.21 Å². The number of nitrogen functional groups attached to an aromatic ring is 1. The van der Waals surface area contributed by atoms with E-state index >= 15 is 0 Å². The number of ether oxygens (including phenoxy) is 1. The summed E-state index contributed by atoms with van der Waals surface area (Å²) in [5.74, 6) is 1.88. The zero-order chi connectivity index (χ0) is 18.6. The van der Waals surface area contributed by atoms with Gasteiger partial charge in [0, 0.05) is 16.7 Å². The van der Waals surface area contributed by atoms with E-state index in [1.54, 1.807) is 6.07 Å². The van der Waals surface area contributed by atoms with Gasteiger partial charge >= 0.3 is 6.18 Å². The van der Waals surface area contributed by atoms with Crippen molar-refractivity contribution in [2.45, 2.75) is 6.18 Å². The zero-order valence-corrected chi connectivity index (χ0v) is 13.2. The fourth-order valence-corrected chi connectivity index (χ4v) is 1.93. The Hall–Kier alpha value is -2.99. The maximum atomic E-state index is 12.6. The molecule has 0 amide bonds. The highest BCUT2D eigenvalue weighted by Gasteiger charge is 2.33. The van der Waals surface area contributed by atoms with Crippen LogP contribution in [0.3, 0.4) is 0 Å². The second kappa shape index (κ2) is 7.27. The molecule has 25 heavy (non-hydrogen) atoms. The topological polar surface area (TPSA) is 82.5 Å². The van der Waals surface area contributed by atoms with Crippen LogP contribution < -0.4 is 16.0 Å². The van der Waals surface area contributed by atoms with Crippen molar-refractivity contribution in [3.05, 3.63) is 50.9 Å². The van der Waals surface area contributed by atoms with Crippen LogP contribution in [0.25, 0.3) is 0 Å². The summed E-state index contributed by atoms with van der Waals surface area (Å²) in [6.07, 6.45) is 1.46. The summed E-state index contributed by atoms with van der Waals surface area (Å²) in [5.41, 5.74) is 3.23. The third-order valence-corrected chi connectivity index (χ3v) is 3.04. The van der Waals surface area contributed by atoms with E-state index in [4.69, 9.17) is 28.5 Å². The molecule has 0 unspecified atom stereocenters. The smallest absolute Gasteiger partial charge is 0.433 e. The SMILES string of the molecule is C#CCOc1ccc(Cl)cc1/C=N/n1c(N)nc(C(F)(F)F)cc1=O. The third-order valence-electron chi connectivity index (χ3n) is 2.81. The molecule has 0 radical (unpaired) electrons. The van der Waals surface area contributed by atoms with Crippen LogP contribution in [0.2, 0.25) is 5.02 Å². The Morgan fingerprint density at radius 3 is 2.76 bits per heavy atom. The fraction of sp³-hybridized carbons (Fsp3) is 0.133. The van der Waals surface area contributed by atoms with Gasteiger partial charge in [-0.1, -0.05) is 17.5 Å². The van der Waals surface area contributed by atoms with Gasteiger partial charge in [-0.2, -0.15) is 22.9 Å². The van der Waals surface area contributed by atoms with Crippen molar-refractivity contribution in [2.75, 3.05) is 12.3 Å². The van der Waals surface area contributed by atoms with Gasteiger partial charge in [-0.3, -0.25) is 4.79 Å². The molecule has 2 rings (SSSR count). The highest BCUT2D eigenvalue weighted by Crippen LogP contribution is 2.27. The summed E-state index contributed by atoms with van der Waals surface area (Å²) in [5, 5.41) is 4.09. The first-order valence-corrected chi connectivity index (χ1v) is 6.97. The van der Waals surface area contributed by atoms with Gasteiger partial charge in [-0.15, -0.1) is 6.42 Å². The van der Waals surface area contributed by atoms with Crippen LogP contribution in [0.4, 0.5) is 19.1 Å². The number of benzene rings is 1. The molecule has 2 aromatic rings. The number of alkyl halides is 3. The number of aromatic nitrogens is 2. The van der Waals surface area contributed by atoms with E-state index in [9.17, 15) is 18.0 Å². The predicted octanol–water partition coefficient (Wildman–Crippen LogP) is 2.39. The minimum atomic E-state index is -4.79. The van der Waals surface area contributed by atoms with Crippen LogP contribution >= 0.6 is 11.6 Å². The minimum absolute atomic E-state index is 0.0214. The van der Waals surface area contributed by atoms with Gasteiger partial charge in [0.2, 0.25) is 5.95 Å². The van der Waals surface area contributed by atoms with Gasteiger partial charge in [0.25, 0.3) is 5.56 Å². The lowest BCUT2D eigenvalue weighted by molar-refractivity contribution is -0.141. The van der Waals surface area contributed by atoms with E-state index in [-0.39, 0.29) is 6.61 Å². The zero-order valence-electron chi connectivity index (χ0n) is 12.4. The summed E-state index contributed by atoms with van der Waals surface area (Å²) in [6, 6.07) is 4.83. The Labute approximate surface area is 144 Å². The lowest BCUT2D eigenvalue weighted by Gasteiger charge is -2.09. The van der Waals surface area contributed by atoms with Crippen molar-refractivity contribution < 1.29 is 17.9 Å². The highest BCUT2D eigenvalue weighted by molar-refractivity contribution is 6.30. The van der Waals surface area contributed by atoms with Crippen LogP contribution in [0, 0.1) is 12.3 Å². The number of hydrogen-bond acceptors (Lipinski definition) is 5. The standard InChI is InChI=1S/C15H10ClF3N4O2/c1-2-5-25-11-4-3-10(16)6-9(11)8-21-23-13(24)7-12(15(17,18)19)22-14(23)20/h1,3-4,6-8H,5H2,(H2,20,22)/b21-8+. The van der Waals surface area contributed by atoms with E-state index < -0.39 is 23.4 Å². The van der Waals surface area contributed by atoms with E-state index in [2.05, 4.69) is 16.0 Å². The van der Waals surface area contributed by atoms with Gasteiger partial charge in [0.05, 0.1) is 6.21 Å². The molecule has 1 aromatic heterocycles. The largest absolute Gasteiger partial charge is 0.480 e. The molecule has 1 heterocycles. The first-order chi connectivity index (χ1) is 11.7. The Kier molecular flexibility index (Phi) is 5.34. The van der Waals surface area contributed by atoms with Crippen LogP contribution in [0.5, 0.6) is 5.75 Å². The second-order valence-corrected chi connectivity index (χ2v) is 5.00. The van der Waals surface area contributed by atoms with Gasteiger partial charge in [0.1, 0.15) is 12.4 Å². The molecule has 0 spiro atoms. The van der Waals surface area contributed by atoms with Crippen molar-refractivity contribution in [3.63, 3.8) is 0 Å². The number of halogens is 4. The van der Waals surface area contributed by atoms with E-state index in [1.165, 1.54) is 12.1 Å². The van der Waals surface area contributed by atoms with Crippen molar-refractivity contribution in [2.24, 2.45) is 5.10 Å². The average Bonchev–Trinajstić information content (AvgIpc) is 2.52. The molecule has 0 saturated carbocycles. The first-order valence-electron chi connectivity index (χ1n) is 6.59. The van der Waals surface area contributed by atoms with Crippen molar-refractivity contribution in [1.82, 2.24) is 9.66 Å². The Bertz CT molecular complexity index is 916. The Morgan fingerprint density at radius 1 is 1.44 bits per heavy atom. The first kappa shape index (κ1) is 18.4. The Balaban J connectivity index is 2.42. The molecule has 0 aliphatic heterocycles. The molecule has 0 atom stereocenters. The van der Waals surface area contributed by atoms with Crippen molar-refractivity contribution >= 4 is 23.8 Å². The van der Waals surface area contributed by atoms with Crippen LogP contribution in [0.1, 0.15) is 11.3 Å². The molecule has 2 N–H and O–H groups in total. The average molecular weight is 371 g/mol. The summed E-state index contributed by atoms with van der Waals surface area (Å²) < 4.78 is 43.6. The normalized spacial score (nSPS) is 11.5. The monoisotopic (exact) mass is 370 g/mol. The molecule has 1 aromatic carbocycles. The van der Waals surface area contributed by atoms with Crippen LogP contribution in [-0.2, 0) is 6.18 Å². The van der Waals surface area contributed by atoms with Gasteiger partial charge < -0.3 is 10.5 Å². The second-order valence-electron chi connectivity index (χ2n) is 4.57. The minimum Gasteiger partial charge on any atom is -0.480 e. The number of nitrogens with zero attached hydrogens (tertiary/aromatic N) is 3.